The summed E-state index contributed by atoms with van der Waals surface area (Å²) in [4.78, 5) is 10.9. The Morgan fingerprint density at radius 1 is 1.73 bits per heavy atom. The van der Waals surface area contributed by atoms with Gasteiger partial charge in [-0.05, 0) is 6.92 Å². The molecule has 0 unspecified atom stereocenters. The number of aromatic nitrogens is 2. The lowest BCUT2D eigenvalue weighted by Crippen LogP contribution is -2.15. The third-order valence-electron chi connectivity index (χ3n) is 2.05. The molecule has 0 spiro atoms. The van der Waals surface area contributed by atoms with E-state index in [-0.39, 0.29) is 19.1 Å². The minimum atomic E-state index is -0.459. The van der Waals surface area contributed by atoms with Crippen molar-refractivity contribution < 1.29 is 13.9 Å². The van der Waals surface area contributed by atoms with Crippen molar-refractivity contribution in [2.45, 2.75) is 13.5 Å². The van der Waals surface area contributed by atoms with Crippen molar-refractivity contribution in [2.75, 3.05) is 25.6 Å². The van der Waals surface area contributed by atoms with Crippen molar-refractivity contribution in [1.82, 2.24) is 9.78 Å². The van der Waals surface area contributed by atoms with Crippen molar-refractivity contribution in [3.63, 3.8) is 0 Å². The highest BCUT2D eigenvalue weighted by Crippen LogP contribution is 2.12. The monoisotopic (exact) mass is 215 g/mol. The zero-order chi connectivity index (χ0) is 11.3. The van der Waals surface area contributed by atoms with Crippen molar-refractivity contribution in [3.05, 3.63) is 11.9 Å². The van der Waals surface area contributed by atoms with Gasteiger partial charge in [-0.15, -0.1) is 0 Å². The predicted octanol–water partition coefficient (Wildman–Crippen LogP) is 0.746. The number of carbonyl (C=O) groups excluding carboxylic acids is 1. The van der Waals surface area contributed by atoms with Crippen LogP contribution in [0.4, 0.5) is 10.1 Å². The highest BCUT2D eigenvalue weighted by atomic mass is 19.1. The topological polar surface area (TPSA) is 56.1 Å². The van der Waals surface area contributed by atoms with Gasteiger partial charge in [0.15, 0.2) is 0 Å². The molecule has 0 fully saturated rings. The van der Waals surface area contributed by atoms with E-state index >= 15 is 0 Å². The highest BCUT2D eigenvalue weighted by Gasteiger charge is 2.07. The molecule has 1 aromatic heterocycles. The zero-order valence-corrected chi connectivity index (χ0v) is 8.79. The minimum Gasteiger partial charge on any atom is -0.468 e. The molecule has 0 radical (unpaired) electrons. The number of hydrogen-bond donors (Lipinski definition) is 1. The molecular formula is C9H14FN3O2. The maximum absolute atomic E-state index is 12.1. The summed E-state index contributed by atoms with van der Waals surface area (Å²) in [5.41, 5.74) is 1.52. The number of nitrogens with zero attached hydrogens (tertiary/aromatic N) is 2. The molecule has 0 aliphatic heterocycles. The van der Waals surface area contributed by atoms with Gasteiger partial charge < -0.3 is 10.1 Å². The van der Waals surface area contributed by atoms with Crippen LogP contribution in [0.15, 0.2) is 6.20 Å². The van der Waals surface area contributed by atoms with Crippen molar-refractivity contribution in [3.8, 4) is 0 Å². The van der Waals surface area contributed by atoms with Gasteiger partial charge in [-0.2, -0.15) is 5.10 Å². The molecule has 0 bridgehead atoms. The number of anilines is 1. The number of halogens is 1. The fraction of sp³-hybridized carbons (Fsp3) is 0.556. The molecular weight excluding hydrogens is 201 g/mol. The normalized spacial score (nSPS) is 10.1. The Morgan fingerprint density at radius 3 is 3.07 bits per heavy atom. The average molecular weight is 215 g/mol. The van der Waals surface area contributed by atoms with Gasteiger partial charge in [0, 0.05) is 0 Å². The Balaban J connectivity index is 2.58. The second kappa shape index (κ2) is 5.33. The number of nitrogens with one attached hydrogen (secondary N) is 1. The van der Waals surface area contributed by atoms with Crippen LogP contribution in [0, 0.1) is 6.92 Å². The van der Waals surface area contributed by atoms with Crippen LogP contribution in [0.1, 0.15) is 5.69 Å². The van der Waals surface area contributed by atoms with E-state index in [0.29, 0.717) is 5.69 Å². The lowest BCUT2D eigenvalue weighted by Gasteiger charge is -2.04. The fourth-order valence-corrected chi connectivity index (χ4v) is 1.17. The number of aryl methyl sites for hydroxylation is 1. The molecule has 5 nitrogen and oxygen atoms in total. The SMILES string of the molecule is COC(=O)CNc1cnn(CCF)c1C. The van der Waals surface area contributed by atoms with Gasteiger partial charge in [-0.25, -0.2) is 4.39 Å². The van der Waals surface area contributed by atoms with E-state index in [1.807, 2.05) is 6.92 Å². The van der Waals surface area contributed by atoms with Crippen molar-refractivity contribution >= 4 is 11.7 Å². The number of rotatable bonds is 5. The predicted molar refractivity (Wildman–Crippen MR) is 53.4 cm³/mol. The summed E-state index contributed by atoms with van der Waals surface area (Å²) in [5.74, 6) is -0.354. The van der Waals surface area contributed by atoms with Crippen LogP contribution in [0.3, 0.4) is 0 Å². The maximum Gasteiger partial charge on any atom is 0.325 e. The number of alkyl halides is 1. The second-order valence-corrected chi connectivity index (χ2v) is 2.99. The summed E-state index contributed by atoms with van der Waals surface area (Å²) in [6.45, 7) is 1.66. The number of carbonyl (C=O) groups is 1. The van der Waals surface area contributed by atoms with E-state index in [9.17, 15) is 9.18 Å². The van der Waals surface area contributed by atoms with Gasteiger partial charge in [0.05, 0.1) is 31.2 Å². The van der Waals surface area contributed by atoms with Gasteiger partial charge >= 0.3 is 5.97 Å². The Bertz CT molecular complexity index is 338. The fourth-order valence-electron chi connectivity index (χ4n) is 1.17. The molecule has 0 aliphatic carbocycles. The molecule has 0 saturated heterocycles. The number of ether oxygens (including phenoxy) is 1. The Labute approximate surface area is 87.2 Å². The molecule has 15 heavy (non-hydrogen) atoms. The third kappa shape index (κ3) is 2.93. The first kappa shape index (κ1) is 11.5. The molecule has 0 atom stereocenters. The van der Waals surface area contributed by atoms with Crippen LogP contribution < -0.4 is 5.32 Å². The molecule has 6 heteroatoms. The van der Waals surface area contributed by atoms with Gasteiger partial charge in [-0.1, -0.05) is 0 Å². The van der Waals surface area contributed by atoms with Crippen LogP contribution in [-0.4, -0.2) is 36.1 Å². The van der Waals surface area contributed by atoms with Crippen LogP contribution in [0.2, 0.25) is 0 Å². The molecule has 1 N–H and O–H groups in total. The van der Waals surface area contributed by atoms with Crippen molar-refractivity contribution in [2.24, 2.45) is 0 Å². The second-order valence-electron chi connectivity index (χ2n) is 2.99. The summed E-state index contributed by atoms with van der Waals surface area (Å²) in [6.07, 6.45) is 1.56. The van der Waals surface area contributed by atoms with Crippen LogP contribution in [-0.2, 0) is 16.1 Å². The highest BCUT2D eigenvalue weighted by molar-refractivity contribution is 5.74. The third-order valence-corrected chi connectivity index (χ3v) is 2.05. The lowest BCUT2D eigenvalue weighted by atomic mass is 10.4. The Morgan fingerprint density at radius 2 is 2.47 bits per heavy atom. The Kier molecular flexibility index (Phi) is 4.08. The van der Waals surface area contributed by atoms with Gasteiger partial charge in [0.2, 0.25) is 0 Å². The van der Waals surface area contributed by atoms with E-state index in [1.165, 1.54) is 7.11 Å². The van der Waals surface area contributed by atoms with E-state index in [2.05, 4.69) is 15.2 Å². The smallest absolute Gasteiger partial charge is 0.325 e. The van der Waals surface area contributed by atoms with Gasteiger partial charge in [0.25, 0.3) is 0 Å². The molecule has 0 aliphatic rings. The summed E-state index contributed by atoms with van der Waals surface area (Å²) >= 11 is 0. The molecule has 1 heterocycles. The number of esters is 1. The first-order chi connectivity index (χ1) is 7.19. The minimum absolute atomic E-state index is 0.0820. The maximum atomic E-state index is 12.1. The standard InChI is InChI=1S/C9H14FN3O2/c1-7-8(11-6-9(14)15-2)5-12-13(7)4-3-10/h5,11H,3-4,6H2,1-2H3. The van der Waals surface area contributed by atoms with Crippen molar-refractivity contribution in [1.29, 1.82) is 0 Å². The zero-order valence-electron chi connectivity index (χ0n) is 8.79. The number of methoxy groups -OCH3 is 1. The van der Waals surface area contributed by atoms with Gasteiger partial charge in [-0.3, -0.25) is 9.48 Å². The van der Waals surface area contributed by atoms with E-state index < -0.39 is 6.67 Å². The molecule has 1 rings (SSSR count). The largest absolute Gasteiger partial charge is 0.468 e. The summed E-state index contributed by atoms with van der Waals surface area (Å²) < 4.78 is 18.1. The van der Waals surface area contributed by atoms with E-state index in [1.54, 1.807) is 10.9 Å². The number of hydrogen-bond acceptors (Lipinski definition) is 4. The quantitative estimate of drug-likeness (QED) is 0.736. The van der Waals surface area contributed by atoms with Crippen LogP contribution in [0.25, 0.3) is 0 Å². The lowest BCUT2D eigenvalue weighted by molar-refractivity contribution is -0.138. The Hall–Kier alpha value is -1.59. The van der Waals surface area contributed by atoms with Crippen LogP contribution >= 0.6 is 0 Å². The molecule has 84 valence electrons. The average Bonchev–Trinajstić information content (AvgIpc) is 2.58. The summed E-state index contributed by atoms with van der Waals surface area (Å²) in [7, 11) is 1.32. The molecule has 0 aromatic carbocycles. The summed E-state index contributed by atoms with van der Waals surface area (Å²) in [6, 6.07) is 0. The molecule has 0 saturated carbocycles. The van der Waals surface area contributed by atoms with E-state index in [0.717, 1.165) is 5.69 Å². The first-order valence-electron chi connectivity index (χ1n) is 4.58. The molecule has 1 aromatic rings. The first-order valence-corrected chi connectivity index (χ1v) is 4.58. The van der Waals surface area contributed by atoms with E-state index in [4.69, 9.17) is 0 Å². The van der Waals surface area contributed by atoms with Crippen LogP contribution in [0.5, 0.6) is 0 Å². The molecule has 0 amide bonds. The van der Waals surface area contributed by atoms with Gasteiger partial charge in [0.1, 0.15) is 13.2 Å². The summed E-state index contributed by atoms with van der Waals surface area (Å²) in [5, 5.41) is 6.83.